The molecule has 0 aliphatic rings. The molecular weight excluding hydrogens is 410 g/mol. The number of hydrogen-bond donors (Lipinski definition) is 2. The molecular formula is C28H29N3O2. The Morgan fingerprint density at radius 3 is 2.27 bits per heavy atom. The first kappa shape index (κ1) is 22.3. The number of rotatable bonds is 7. The molecule has 1 aromatic heterocycles. The average Bonchev–Trinajstić information content (AvgIpc) is 2.82. The van der Waals surface area contributed by atoms with Gasteiger partial charge in [0.2, 0.25) is 0 Å². The van der Waals surface area contributed by atoms with Gasteiger partial charge in [0.1, 0.15) is 0 Å². The van der Waals surface area contributed by atoms with Gasteiger partial charge in [-0.2, -0.15) is 0 Å². The summed E-state index contributed by atoms with van der Waals surface area (Å²) in [5.74, 6) is 0. The first-order valence-corrected chi connectivity index (χ1v) is 11.2. The van der Waals surface area contributed by atoms with Crippen LogP contribution in [0.25, 0.3) is 10.9 Å². The van der Waals surface area contributed by atoms with Crippen LogP contribution in [0.15, 0.2) is 83.7 Å². The lowest BCUT2D eigenvalue weighted by atomic mass is 10.0. The summed E-state index contributed by atoms with van der Waals surface area (Å²) < 4.78 is 0. The van der Waals surface area contributed by atoms with E-state index in [4.69, 9.17) is 0 Å². The lowest BCUT2D eigenvalue weighted by Crippen LogP contribution is -2.41. The lowest BCUT2D eigenvalue weighted by Gasteiger charge is -2.23. The zero-order valence-corrected chi connectivity index (χ0v) is 19.1. The molecule has 0 aliphatic carbocycles. The van der Waals surface area contributed by atoms with E-state index >= 15 is 0 Å². The van der Waals surface area contributed by atoms with Gasteiger partial charge >= 0.3 is 6.03 Å². The number of benzene rings is 3. The maximum Gasteiger partial charge on any atom is 0.317 e. The average molecular weight is 440 g/mol. The Hall–Kier alpha value is -3.86. The Labute approximate surface area is 194 Å². The molecule has 0 aliphatic heterocycles. The minimum Gasteiger partial charge on any atom is -0.334 e. The second-order valence-corrected chi connectivity index (χ2v) is 8.47. The van der Waals surface area contributed by atoms with Crippen molar-refractivity contribution in [3.05, 3.63) is 117 Å². The number of aryl methyl sites for hydroxylation is 2. The number of aromatic nitrogens is 1. The minimum absolute atomic E-state index is 0.159. The van der Waals surface area contributed by atoms with Crippen LogP contribution in [-0.2, 0) is 19.5 Å². The second kappa shape index (κ2) is 10.2. The van der Waals surface area contributed by atoms with E-state index in [-0.39, 0.29) is 18.1 Å². The smallest absolute Gasteiger partial charge is 0.317 e. The van der Waals surface area contributed by atoms with E-state index in [2.05, 4.69) is 28.5 Å². The molecule has 2 N–H and O–H groups in total. The fourth-order valence-corrected chi connectivity index (χ4v) is 4.09. The maximum absolute atomic E-state index is 13.1. The van der Waals surface area contributed by atoms with E-state index in [1.54, 1.807) is 4.90 Å². The normalized spacial score (nSPS) is 10.8. The molecule has 0 spiro atoms. The molecule has 0 saturated carbocycles. The Morgan fingerprint density at radius 2 is 1.58 bits per heavy atom. The summed E-state index contributed by atoms with van der Waals surface area (Å²) in [4.78, 5) is 30.7. The lowest BCUT2D eigenvalue weighted by molar-refractivity contribution is 0.195. The molecule has 33 heavy (non-hydrogen) atoms. The van der Waals surface area contributed by atoms with Gasteiger partial charge in [-0.1, -0.05) is 66.7 Å². The first-order valence-electron chi connectivity index (χ1n) is 11.2. The van der Waals surface area contributed by atoms with E-state index in [1.165, 1.54) is 0 Å². The summed E-state index contributed by atoms with van der Waals surface area (Å²) >= 11 is 0. The molecule has 0 fully saturated rings. The van der Waals surface area contributed by atoms with Crippen molar-refractivity contribution in [2.75, 3.05) is 6.54 Å². The zero-order chi connectivity index (χ0) is 23.2. The molecule has 0 radical (unpaired) electrons. The first-order chi connectivity index (χ1) is 16.0. The number of nitrogens with zero attached hydrogens (tertiary/aromatic N) is 1. The van der Waals surface area contributed by atoms with Gasteiger partial charge in [-0.25, -0.2) is 4.79 Å². The van der Waals surface area contributed by atoms with Crippen molar-refractivity contribution in [2.24, 2.45) is 0 Å². The van der Waals surface area contributed by atoms with E-state index in [1.807, 2.05) is 74.5 Å². The molecule has 5 heteroatoms. The Morgan fingerprint density at radius 1 is 0.909 bits per heavy atom. The van der Waals surface area contributed by atoms with E-state index in [0.29, 0.717) is 25.1 Å². The van der Waals surface area contributed by atoms with Gasteiger partial charge in [0.15, 0.2) is 0 Å². The quantitative estimate of drug-likeness (QED) is 0.421. The fraction of sp³-hybridized carbons (Fsp3) is 0.214. The van der Waals surface area contributed by atoms with Gasteiger partial charge in [-0.05, 0) is 54.7 Å². The molecule has 0 unspecified atom stereocenters. The summed E-state index contributed by atoms with van der Waals surface area (Å²) in [5.41, 5.74) is 5.64. The summed E-state index contributed by atoms with van der Waals surface area (Å²) in [5, 5.41) is 4.01. The second-order valence-electron chi connectivity index (χ2n) is 8.47. The van der Waals surface area contributed by atoms with Crippen molar-refractivity contribution in [3.63, 3.8) is 0 Å². The van der Waals surface area contributed by atoms with Crippen LogP contribution in [0.5, 0.6) is 0 Å². The standard InChI is InChI=1S/C28H29N3O2/c1-20-15-21(2)25-17-24(27(32)30-26(25)16-20)19-31(14-13-22-9-5-3-6-10-22)28(33)29-18-23-11-7-4-8-12-23/h3-12,15-17H,13-14,18-19H2,1-2H3,(H,29,33)(H,30,32). The fourth-order valence-electron chi connectivity index (χ4n) is 4.09. The third-order valence-corrected chi connectivity index (χ3v) is 5.84. The van der Waals surface area contributed by atoms with Crippen LogP contribution in [-0.4, -0.2) is 22.5 Å². The summed E-state index contributed by atoms with van der Waals surface area (Å²) in [6.45, 7) is 5.24. The van der Waals surface area contributed by atoms with Crippen molar-refractivity contribution >= 4 is 16.9 Å². The van der Waals surface area contributed by atoms with Crippen molar-refractivity contribution < 1.29 is 4.79 Å². The van der Waals surface area contributed by atoms with Crippen molar-refractivity contribution in [1.82, 2.24) is 15.2 Å². The number of aromatic amines is 1. The minimum atomic E-state index is -0.185. The van der Waals surface area contributed by atoms with Gasteiger partial charge in [0.25, 0.3) is 5.56 Å². The SMILES string of the molecule is Cc1cc(C)c2cc(CN(CCc3ccccc3)C(=O)NCc3ccccc3)c(=O)[nH]c2c1. The number of H-pyrrole nitrogens is 1. The highest BCUT2D eigenvalue weighted by atomic mass is 16.2. The molecule has 4 rings (SSSR count). The topological polar surface area (TPSA) is 65.2 Å². The summed E-state index contributed by atoms with van der Waals surface area (Å²) in [7, 11) is 0. The third-order valence-electron chi connectivity index (χ3n) is 5.84. The maximum atomic E-state index is 13.1. The van der Waals surface area contributed by atoms with E-state index in [9.17, 15) is 9.59 Å². The van der Waals surface area contributed by atoms with Crippen LogP contribution in [0.4, 0.5) is 4.79 Å². The zero-order valence-electron chi connectivity index (χ0n) is 19.1. The van der Waals surface area contributed by atoms with Crippen molar-refractivity contribution in [3.8, 4) is 0 Å². The predicted octanol–water partition coefficient (Wildman–Crippen LogP) is 5.10. The van der Waals surface area contributed by atoms with Crippen LogP contribution >= 0.6 is 0 Å². The Bertz CT molecular complexity index is 1300. The van der Waals surface area contributed by atoms with Gasteiger partial charge < -0.3 is 15.2 Å². The number of nitrogens with one attached hydrogen (secondary N) is 2. The summed E-state index contributed by atoms with van der Waals surface area (Å²) in [6.07, 6.45) is 0.712. The molecule has 0 atom stereocenters. The largest absolute Gasteiger partial charge is 0.334 e. The van der Waals surface area contributed by atoms with Crippen LogP contribution in [0, 0.1) is 13.8 Å². The number of hydrogen-bond acceptors (Lipinski definition) is 2. The molecule has 3 aromatic carbocycles. The molecule has 5 nitrogen and oxygen atoms in total. The number of fused-ring (bicyclic) bond motifs is 1. The third kappa shape index (κ3) is 5.69. The van der Waals surface area contributed by atoms with Crippen molar-refractivity contribution in [1.29, 1.82) is 0 Å². The number of urea groups is 1. The van der Waals surface area contributed by atoms with E-state index < -0.39 is 0 Å². The number of amides is 2. The Balaban J connectivity index is 1.57. The number of pyridine rings is 1. The Kier molecular flexibility index (Phi) is 6.89. The molecule has 0 saturated heterocycles. The van der Waals surface area contributed by atoms with Gasteiger partial charge in [-0.3, -0.25) is 4.79 Å². The van der Waals surface area contributed by atoms with Crippen LogP contribution in [0.1, 0.15) is 27.8 Å². The van der Waals surface area contributed by atoms with Crippen LogP contribution < -0.4 is 10.9 Å². The van der Waals surface area contributed by atoms with Gasteiger partial charge in [0.05, 0.1) is 6.54 Å². The molecule has 1 heterocycles. The predicted molar refractivity (Wildman–Crippen MR) is 133 cm³/mol. The van der Waals surface area contributed by atoms with Crippen LogP contribution in [0.3, 0.4) is 0 Å². The molecule has 0 bridgehead atoms. The molecule has 4 aromatic rings. The molecule has 168 valence electrons. The number of carbonyl (C=O) groups excluding carboxylic acids is 1. The molecule has 2 amide bonds. The summed E-state index contributed by atoms with van der Waals surface area (Å²) in [6, 6.07) is 25.7. The van der Waals surface area contributed by atoms with Crippen molar-refractivity contribution in [2.45, 2.75) is 33.4 Å². The monoisotopic (exact) mass is 439 g/mol. The highest BCUT2D eigenvalue weighted by molar-refractivity contribution is 5.83. The van der Waals surface area contributed by atoms with Gasteiger partial charge in [0, 0.05) is 29.6 Å². The number of carbonyl (C=O) groups is 1. The van der Waals surface area contributed by atoms with Crippen LogP contribution in [0.2, 0.25) is 0 Å². The highest BCUT2D eigenvalue weighted by Crippen LogP contribution is 2.19. The van der Waals surface area contributed by atoms with E-state index in [0.717, 1.165) is 33.2 Å². The highest BCUT2D eigenvalue weighted by Gasteiger charge is 2.17. The van der Waals surface area contributed by atoms with Gasteiger partial charge in [-0.15, -0.1) is 0 Å².